The minimum absolute atomic E-state index is 0.220. The van der Waals surface area contributed by atoms with Crippen LogP contribution >= 0.6 is 0 Å². The van der Waals surface area contributed by atoms with Crippen LogP contribution in [0.1, 0.15) is 56.6 Å². The number of hydrogen-bond acceptors (Lipinski definition) is 2. The van der Waals surface area contributed by atoms with Gasteiger partial charge in [0.05, 0.1) is 5.60 Å². The van der Waals surface area contributed by atoms with E-state index in [1.54, 1.807) is 0 Å². The highest BCUT2D eigenvalue weighted by molar-refractivity contribution is 5.32. The standard InChI is InChI=1S/C23H31NO/c1-19-11-9-10-16-24(19)18-23(2,25)17-22(20-12-5-3-6-13-20)21-14-7-4-8-15-21/h3-8,12-15,19,22,25H,9-11,16-18H2,1-2H3. The summed E-state index contributed by atoms with van der Waals surface area (Å²) in [6.07, 6.45) is 4.55. The molecule has 1 aliphatic heterocycles. The lowest BCUT2D eigenvalue weighted by atomic mass is 9.81. The zero-order chi connectivity index (χ0) is 17.7. The fourth-order valence-electron chi connectivity index (χ4n) is 4.13. The Morgan fingerprint density at radius 3 is 2.08 bits per heavy atom. The second kappa shape index (κ2) is 8.16. The summed E-state index contributed by atoms with van der Waals surface area (Å²) in [6.45, 7) is 6.16. The third kappa shape index (κ3) is 4.93. The molecular weight excluding hydrogens is 306 g/mol. The third-order valence-corrected chi connectivity index (χ3v) is 5.53. The van der Waals surface area contributed by atoms with E-state index in [2.05, 4.69) is 72.5 Å². The Morgan fingerprint density at radius 2 is 1.56 bits per heavy atom. The Morgan fingerprint density at radius 1 is 1.00 bits per heavy atom. The minimum atomic E-state index is -0.706. The number of β-amino-alcohol motifs (C(OH)–C–C–N with tert-alkyl or cyclic N) is 1. The van der Waals surface area contributed by atoms with Crippen LogP contribution in [0.5, 0.6) is 0 Å². The maximum Gasteiger partial charge on any atom is 0.0755 e. The maximum atomic E-state index is 11.2. The van der Waals surface area contributed by atoms with Gasteiger partial charge >= 0.3 is 0 Å². The molecule has 2 atom stereocenters. The van der Waals surface area contributed by atoms with Crippen molar-refractivity contribution in [3.8, 4) is 0 Å². The molecule has 1 aliphatic rings. The summed E-state index contributed by atoms with van der Waals surface area (Å²) in [6, 6.07) is 21.8. The van der Waals surface area contributed by atoms with E-state index in [1.165, 1.54) is 30.4 Å². The molecule has 3 rings (SSSR count). The lowest BCUT2D eigenvalue weighted by Crippen LogP contribution is -2.47. The number of piperidine rings is 1. The van der Waals surface area contributed by atoms with E-state index in [9.17, 15) is 5.11 Å². The molecule has 2 heteroatoms. The van der Waals surface area contributed by atoms with E-state index in [4.69, 9.17) is 0 Å². The van der Waals surface area contributed by atoms with Gasteiger partial charge in [0.25, 0.3) is 0 Å². The molecule has 0 spiro atoms. The first-order chi connectivity index (χ1) is 12.1. The van der Waals surface area contributed by atoms with Crippen molar-refractivity contribution in [2.24, 2.45) is 0 Å². The van der Waals surface area contributed by atoms with Gasteiger partial charge in [0.15, 0.2) is 0 Å². The number of rotatable bonds is 6. The number of aliphatic hydroxyl groups is 1. The van der Waals surface area contributed by atoms with Gasteiger partial charge in [-0.25, -0.2) is 0 Å². The first-order valence-electron chi connectivity index (χ1n) is 9.61. The molecule has 0 aromatic heterocycles. The van der Waals surface area contributed by atoms with Crippen molar-refractivity contribution >= 4 is 0 Å². The molecular formula is C23H31NO. The quantitative estimate of drug-likeness (QED) is 0.816. The van der Waals surface area contributed by atoms with Crippen LogP contribution in [0.3, 0.4) is 0 Å². The topological polar surface area (TPSA) is 23.5 Å². The van der Waals surface area contributed by atoms with Crippen molar-refractivity contribution in [3.63, 3.8) is 0 Å². The summed E-state index contributed by atoms with van der Waals surface area (Å²) >= 11 is 0. The molecule has 1 saturated heterocycles. The Kier molecular flexibility index (Phi) is 5.93. The number of likely N-dealkylation sites (tertiary alicyclic amines) is 1. The number of hydrogen-bond donors (Lipinski definition) is 1. The Hall–Kier alpha value is -1.64. The van der Waals surface area contributed by atoms with E-state index in [1.807, 2.05) is 6.92 Å². The van der Waals surface area contributed by atoms with Crippen LogP contribution in [0.15, 0.2) is 60.7 Å². The summed E-state index contributed by atoms with van der Waals surface area (Å²) < 4.78 is 0. The molecule has 1 fully saturated rings. The SMILES string of the molecule is CC1CCCCN1CC(C)(O)CC(c1ccccc1)c1ccccc1. The molecule has 1 N–H and O–H groups in total. The zero-order valence-electron chi connectivity index (χ0n) is 15.6. The molecule has 2 unspecified atom stereocenters. The van der Waals surface area contributed by atoms with Crippen LogP contribution in [0.4, 0.5) is 0 Å². The van der Waals surface area contributed by atoms with E-state index in [0.29, 0.717) is 6.04 Å². The molecule has 25 heavy (non-hydrogen) atoms. The van der Waals surface area contributed by atoms with E-state index >= 15 is 0 Å². The third-order valence-electron chi connectivity index (χ3n) is 5.53. The van der Waals surface area contributed by atoms with Gasteiger partial charge in [-0.2, -0.15) is 0 Å². The summed E-state index contributed by atoms with van der Waals surface area (Å²) in [5.74, 6) is 0.220. The second-order valence-electron chi connectivity index (χ2n) is 7.89. The molecule has 134 valence electrons. The van der Waals surface area contributed by atoms with Gasteiger partial charge in [0.1, 0.15) is 0 Å². The van der Waals surface area contributed by atoms with Gasteiger partial charge < -0.3 is 5.11 Å². The minimum Gasteiger partial charge on any atom is -0.389 e. The molecule has 1 heterocycles. The highest BCUT2D eigenvalue weighted by Crippen LogP contribution is 2.33. The van der Waals surface area contributed by atoms with Gasteiger partial charge in [0, 0.05) is 18.5 Å². The summed E-state index contributed by atoms with van der Waals surface area (Å²) in [4.78, 5) is 2.47. The second-order valence-corrected chi connectivity index (χ2v) is 7.89. The normalized spacial score (nSPS) is 21.2. The lowest BCUT2D eigenvalue weighted by Gasteiger charge is -2.39. The average Bonchev–Trinajstić information content (AvgIpc) is 2.63. The highest BCUT2D eigenvalue weighted by Gasteiger charge is 2.31. The van der Waals surface area contributed by atoms with Gasteiger partial charge in [-0.15, -0.1) is 0 Å². The summed E-state index contributed by atoms with van der Waals surface area (Å²) in [5, 5.41) is 11.2. The van der Waals surface area contributed by atoms with Crippen LogP contribution in [-0.4, -0.2) is 34.7 Å². The van der Waals surface area contributed by atoms with E-state index in [-0.39, 0.29) is 5.92 Å². The fourth-order valence-corrected chi connectivity index (χ4v) is 4.13. The molecule has 2 aromatic rings. The number of nitrogens with zero attached hydrogens (tertiary/aromatic N) is 1. The molecule has 0 amide bonds. The van der Waals surface area contributed by atoms with Crippen LogP contribution in [0, 0.1) is 0 Å². The summed E-state index contributed by atoms with van der Waals surface area (Å²) in [7, 11) is 0. The van der Waals surface area contributed by atoms with Crippen molar-refractivity contribution in [1.29, 1.82) is 0 Å². The first-order valence-corrected chi connectivity index (χ1v) is 9.61. The van der Waals surface area contributed by atoms with Crippen molar-refractivity contribution in [3.05, 3.63) is 71.8 Å². The van der Waals surface area contributed by atoms with Crippen molar-refractivity contribution in [1.82, 2.24) is 4.90 Å². The molecule has 2 nitrogen and oxygen atoms in total. The average molecular weight is 338 g/mol. The highest BCUT2D eigenvalue weighted by atomic mass is 16.3. The van der Waals surface area contributed by atoms with Gasteiger partial charge in [-0.3, -0.25) is 4.90 Å². The van der Waals surface area contributed by atoms with Gasteiger partial charge in [-0.05, 0) is 50.8 Å². The van der Waals surface area contributed by atoms with Crippen LogP contribution in [0.2, 0.25) is 0 Å². The lowest BCUT2D eigenvalue weighted by molar-refractivity contribution is -0.00923. The predicted molar refractivity (Wildman–Crippen MR) is 105 cm³/mol. The van der Waals surface area contributed by atoms with Gasteiger partial charge in [0.2, 0.25) is 0 Å². The molecule has 0 aliphatic carbocycles. The summed E-state index contributed by atoms with van der Waals surface area (Å²) in [5.41, 5.74) is 1.85. The number of benzene rings is 2. The maximum absolute atomic E-state index is 11.2. The zero-order valence-corrected chi connectivity index (χ0v) is 15.6. The molecule has 0 radical (unpaired) electrons. The predicted octanol–water partition coefficient (Wildman–Crippen LogP) is 4.83. The van der Waals surface area contributed by atoms with Crippen LogP contribution in [0.25, 0.3) is 0 Å². The van der Waals surface area contributed by atoms with Crippen LogP contribution < -0.4 is 0 Å². The monoisotopic (exact) mass is 337 g/mol. The molecule has 2 aromatic carbocycles. The largest absolute Gasteiger partial charge is 0.389 e. The Balaban J connectivity index is 1.79. The van der Waals surface area contributed by atoms with E-state index in [0.717, 1.165) is 19.5 Å². The van der Waals surface area contributed by atoms with E-state index < -0.39 is 5.60 Å². The van der Waals surface area contributed by atoms with Crippen molar-refractivity contribution in [2.45, 2.75) is 57.1 Å². The molecule has 0 saturated carbocycles. The van der Waals surface area contributed by atoms with Gasteiger partial charge in [-0.1, -0.05) is 67.1 Å². The van der Waals surface area contributed by atoms with Crippen molar-refractivity contribution in [2.75, 3.05) is 13.1 Å². The van der Waals surface area contributed by atoms with Crippen LogP contribution in [-0.2, 0) is 0 Å². The smallest absolute Gasteiger partial charge is 0.0755 e. The Labute approximate surface area is 152 Å². The van der Waals surface area contributed by atoms with Crippen molar-refractivity contribution < 1.29 is 5.11 Å². The first kappa shape index (κ1) is 18.2. The fraction of sp³-hybridized carbons (Fsp3) is 0.478. The molecule has 0 bridgehead atoms. The Bertz CT molecular complexity index is 598.